The SMILES string of the molecule is O=C(c1ccc(I)c([N+](=O)[O-])c1)N1CCCCCCC1. The number of nitrogens with zero attached hydrogens (tertiary/aromatic N) is 2. The molecule has 5 nitrogen and oxygen atoms in total. The fourth-order valence-corrected chi connectivity index (χ4v) is 2.95. The Kier molecular flexibility index (Phi) is 5.33. The van der Waals surface area contributed by atoms with Crippen LogP contribution in [0.1, 0.15) is 42.5 Å². The van der Waals surface area contributed by atoms with E-state index in [1.807, 2.05) is 27.5 Å². The topological polar surface area (TPSA) is 63.4 Å². The lowest BCUT2D eigenvalue weighted by molar-refractivity contribution is -0.385. The Hall–Kier alpha value is -1.18. The van der Waals surface area contributed by atoms with Crippen molar-refractivity contribution in [1.82, 2.24) is 4.90 Å². The number of likely N-dealkylation sites (tertiary alicyclic amines) is 1. The van der Waals surface area contributed by atoms with E-state index < -0.39 is 4.92 Å². The normalized spacial score (nSPS) is 16.4. The monoisotopic (exact) mass is 388 g/mol. The summed E-state index contributed by atoms with van der Waals surface area (Å²) in [6.45, 7) is 1.50. The standard InChI is InChI=1S/C14H17IN2O3/c15-12-7-6-11(10-13(12)17(19)20)14(18)16-8-4-2-1-3-5-9-16/h6-7,10H,1-5,8-9H2. The van der Waals surface area contributed by atoms with Gasteiger partial charge in [0, 0.05) is 24.7 Å². The highest BCUT2D eigenvalue weighted by Gasteiger charge is 2.20. The molecule has 0 spiro atoms. The number of amides is 1. The number of benzene rings is 1. The van der Waals surface area contributed by atoms with Crippen LogP contribution in [0.25, 0.3) is 0 Å². The molecule has 1 fully saturated rings. The van der Waals surface area contributed by atoms with Gasteiger partial charge in [0.1, 0.15) is 0 Å². The van der Waals surface area contributed by atoms with Gasteiger partial charge < -0.3 is 4.90 Å². The fourth-order valence-electron chi connectivity index (χ4n) is 2.42. The van der Waals surface area contributed by atoms with Crippen molar-refractivity contribution in [2.24, 2.45) is 0 Å². The van der Waals surface area contributed by atoms with Crippen molar-refractivity contribution in [1.29, 1.82) is 0 Å². The van der Waals surface area contributed by atoms with Gasteiger partial charge in [0.15, 0.2) is 0 Å². The molecule has 20 heavy (non-hydrogen) atoms. The molecule has 1 amide bonds. The molecule has 6 heteroatoms. The van der Waals surface area contributed by atoms with Crippen LogP contribution in [0.4, 0.5) is 5.69 Å². The van der Waals surface area contributed by atoms with Crippen LogP contribution in [-0.4, -0.2) is 28.8 Å². The highest BCUT2D eigenvalue weighted by Crippen LogP contribution is 2.23. The summed E-state index contributed by atoms with van der Waals surface area (Å²) in [4.78, 5) is 24.8. The van der Waals surface area contributed by atoms with E-state index in [4.69, 9.17) is 0 Å². The number of nitro benzene ring substituents is 1. The van der Waals surface area contributed by atoms with Crippen molar-refractivity contribution < 1.29 is 9.72 Å². The van der Waals surface area contributed by atoms with Crippen LogP contribution in [0.2, 0.25) is 0 Å². The zero-order valence-corrected chi connectivity index (χ0v) is 13.3. The van der Waals surface area contributed by atoms with Gasteiger partial charge in [-0.05, 0) is 47.6 Å². The predicted molar refractivity (Wildman–Crippen MR) is 84.8 cm³/mol. The lowest BCUT2D eigenvalue weighted by Crippen LogP contribution is -2.33. The molecule has 2 rings (SSSR count). The predicted octanol–water partition coefficient (Wildman–Crippen LogP) is 3.61. The third kappa shape index (κ3) is 3.68. The Labute approximate surface area is 131 Å². The van der Waals surface area contributed by atoms with Crippen molar-refractivity contribution in [2.75, 3.05) is 13.1 Å². The van der Waals surface area contributed by atoms with Crippen LogP contribution in [-0.2, 0) is 0 Å². The second-order valence-corrected chi connectivity index (χ2v) is 6.15. The molecule has 0 N–H and O–H groups in total. The van der Waals surface area contributed by atoms with E-state index in [1.165, 1.54) is 12.5 Å². The van der Waals surface area contributed by atoms with Crippen molar-refractivity contribution in [2.45, 2.75) is 32.1 Å². The average Bonchev–Trinajstić information content (AvgIpc) is 2.38. The zero-order valence-electron chi connectivity index (χ0n) is 11.2. The average molecular weight is 388 g/mol. The number of carbonyl (C=O) groups excluding carboxylic acids is 1. The number of hydrogen-bond donors (Lipinski definition) is 0. The molecule has 1 aliphatic heterocycles. The number of carbonyl (C=O) groups is 1. The lowest BCUT2D eigenvalue weighted by atomic mass is 10.1. The number of rotatable bonds is 2. The minimum Gasteiger partial charge on any atom is -0.339 e. The number of halogens is 1. The number of hydrogen-bond acceptors (Lipinski definition) is 3. The zero-order chi connectivity index (χ0) is 14.5. The lowest BCUT2D eigenvalue weighted by Gasteiger charge is -2.24. The molecule has 0 radical (unpaired) electrons. The van der Waals surface area contributed by atoms with Gasteiger partial charge in [-0.1, -0.05) is 19.3 Å². The molecule has 0 atom stereocenters. The molecule has 1 heterocycles. The van der Waals surface area contributed by atoms with Gasteiger partial charge in [0.05, 0.1) is 8.49 Å². The van der Waals surface area contributed by atoms with Gasteiger partial charge in [0.2, 0.25) is 0 Å². The van der Waals surface area contributed by atoms with Crippen molar-refractivity contribution >= 4 is 34.2 Å². The maximum atomic E-state index is 12.5. The first-order valence-electron chi connectivity index (χ1n) is 6.83. The van der Waals surface area contributed by atoms with E-state index in [0.717, 1.165) is 38.8 Å². The van der Waals surface area contributed by atoms with E-state index in [-0.39, 0.29) is 11.6 Å². The highest BCUT2D eigenvalue weighted by molar-refractivity contribution is 14.1. The molecule has 1 aromatic rings. The van der Waals surface area contributed by atoms with Crippen LogP contribution in [0, 0.1) is 13.7 Å². The maximum absolute atomic E-state index is 12.5. The molecule has 0 unspecified atom stereocenters. The molecular formula is C14H17IN2O3. The number of nitro groups is 1. The minimum absolute atomic E-state index is 0.00324. The molecule has 1 saturated heterocycles. The molecule has 0 aromatic heterocycles. The summed E-state index contributed by atoms with van der Waals surface area (Å²) in [6.07, 6.45) is 5.56. The maximum Gasteiger partial charge on any atom is 0.283 e. The molecule has 1 aliphatic rings. The Balaban J connectivity index is 2.19. The van der Waals surface area contributed by atoms with Crippen LogP contribution >= 0.6 is 22.6 Å². The first-order chi connectivity index (χ1) is 9.59. The second kappa shape index (κ2) is 7.01. The molecule has 0 saturated carbocycles. The summed E-state index contributed by atoms with van der Waals surface area (Å²) < 4.78 is 0.553. The summed E-state index contributed by atoms with van der Waals surface area (Å²) >= 11 is 1.91. The van der Waals surface area contributed by atoms with E-state index in [2.05, 4.69) is 0 Å². The van der Waals surface area contributed by atoms with Crippen molar-refractivity contribution in [3.63, 3.8) is 0 Å². The Morgan fingerprint density at radius 1 is 1.15 bits per heavy atom. The van der Waals surface area contributed by atoms with Crippen molar-refractivity contribution in [3.8, 4) is 0 Å². The van der Waals surface area contributed by atoms with Crippen molar-refractivity contribution in [3.05, 3.63) is 37.4 Å². The molecule has 0 aliphatic carbocycles. The Morgan fingerprint density at radius 3 is 2.35 bits per heavy atom. The van der Waals surface area contributed by atoms with E-state index in [9.17, 15) is 14.9 Å². The van der Waals surface area contributed by atoms with E-state index in [1.54, 1.807) is 12.1 Å². The van der Waals surface area contributed by atoms with Crippen LogP contribution in [0.15, 0.2) is 18.2 Å². The summed E-state index contributed by atoms with van der Waals surface area (Å²) in [5.41, 5.74) is 0.418. The molecule has 108 valence electrons. The van der Waals surface area contributed by atoms with Gasteiger partial charge in [-0.2, -0.15) is 0 Å². The summed E-state index contributed by atoms with van der Waals surface area (Å²) in [6, 6.07) is 4.70. The third-order valence-electron chi connectivity index (χ3n) is 3.53. The van der Waals surface area contributed by atoms with Gasteiger partial charge >= 0.3 is 0 Å². The smallest absolute Gasteiger partial charge is 0.283 e. The van der Waals surface area contributed by atoms with Crippen LogP contribution < -0.4 is 0 Å². The van der Waals surface area contributed by atoms with Gasteiger partial charge in [-0.15, -0.1) is 0 Å². The highest BCUT2D eigenvalue weighted by atomic mass is 127. The second-order valence-electron chi connectivity index (χ2n) is 4.98. The molecular weight excluding hydrogens is 371 g/mol. The minimum atomic E-state index is -0.438. The van der Waals surface area contributed by atoms with E-state index >= 15 is 0 Å². The third-order valence-corrected chi connectivity index (χ3v) is 4.45. The van der Waals surface area contributed by atoms with Crippen LogP contribution in [0.3, 0.4) is 0 Å². The Morgan fingerprint density at radius 2 is 1.75 bits per heavy atom. The molecule has 1 aromatic carbocycles. The first-order valence-corrected chi connectivity index (χ1v) is 7.90. The largest absolute Gasteiger partial charge is 0.339 e. The first kappa shape index (κ1) is 15.2. The van der Waals surface area contributed by atoms with Crippen LogP contribution in [0.5, 0.6) is 0 Å². The summed E-state index contributed by atoms with van der Waals surface area (Å²) in [5.74, 6) is -0.0913. The van der Waals surface area contributed by atoms with E-state index in [0.29, 0.717) is 9.13 Å². The molecule has 0 bridgehead atoms. The fraction of sp³-hybridized carbons (Fsp3) is 0.500. The van der Waals surface area contributed by atoms with Gasteiger partial charge in [-0.25, -0.2) is 0 Å². The summed E-state index contributed by atoms with van der Waals surface area (Å²) in [5, 5.41) is 10.9. The van der Waals surface area contributed by atoms with Gasteiger partial charge in [0.25, 0.3) is 11.6 Å². The van der Waals surface area contributed by atoms with Gasteiger partial charge in [-0.3, -0.25) is 14.9 Å². The Bertz CT molecular complexity index is 511. The quantitative estimate of drug-likeness (QED) is 0.442. The summed E-state index contributed by atoms with van der Waals surface area (Å²) in [7, 11) is 0.